The number of hydrogen-bond acceptors (Lipinski definition) is 9. The molecular weight excluding hydrogens is 468 g/mol. The number of nitrogens with zero attached hydrogens (tertiary/aromatic N) is 1. The van der Waals surface area contributed by atoms with Crippen LogP contribution < -0.4 is 5.32 Å². The van der Waals surface area contributed by atoms with Crippen LogP contribution in [-0.2, 0) is 20.8 Å². The molecule has 1 aromatic rings. The van der Waals surface area contributed by atoms with E-state index in [9.17, 15) is 39.9 Å². The maximum atomic E-state index is 13.8. The molecule has 0 saturated heterocycles. The van der Waals surface area contributed by atoms with E-state index in [1.165, 1.54) is 25.1 Å². The normalized spacial score (nSPS) is 30.2. The first-order valence-electron chi connectivity index (χ1n) is 11.7. The van der Waals surface area contributed by atoms with Gasteiger partial charge in [0.25, 0.3) is 5.91 Å². The third-order valence-corrected chi connectivity index (χ3v) is 7.30. The van der Waals surface area contributed by atoms with E-state index in [0.29, 0.717) is 5.56 Å². The summed E-state index contributed by atoms with van der Waals surface area (Å²) in [6, 6.07) is 3.19. The summed E-state index contributed by atoms with van der Waals surface area (Å²) in [5.41, 5.74) is -3.89. The zero-order valence-electron chi connectivity index (χ0n) is 20.9. The number of likely N-dealkylation sites (N-methyl/N-ethyl adjacent to an activating group) is 1. The van der Waals surface area contributed by atoms with Crippen LogP contribution in [0, 0.1) is 17.3 Å². The Kier molecular flexibility index (Phi) is 6.06. The summed E-state index contributed by atoms with van der Waals surface area (Å²) in [6.45, 7) is 5.69. The first-order chi connectivity index (χ1) is 16.6. The highest BCUT2D eigenvalue weighted by Gasteiger charge is 2.67. The zero-order valence-corrected chi connectivity index (χ0v) is 20.9. The molecule has 3 aliphatic carbocycles. The molecule has 1 fully saturated rings. The van der Waals surface area contributed by atoms with Gasteiger partial charge in [0.1, 0.15) is 22.8 Å². The number of fused-ring (bicyclic) bond motifs is 3. The molecule has 36 heavy (non-hydrogen) atoms. The van der Waals surface area contributed by atoms with Gasteiger partial charge >= 0.3 is 0 Å². The minimum Gasteiger partial charge on any atom is -0.508 e. The number of ketones is 2. The van der Waals surface area contributed by atoms with Crippen LogP contribution in [0.3, 0.4) is 0 Å². The Morgan fingerprint density at radius 2 is 1.81 bits per heavy atom. The second kappa shape index (κ2) is 8.43. The number of phenols is 1. The molecule has 194 valence electrons. The smallest absolute Gasteiger partial charge is 0.258 e. The molecule has 0 spiro atoms. The molecule has 0 heterocycles. The molecule has 0 aliphatic heterocycles. The van der Waals surface area contributed by atoms with Gasteiger partial charge in [0, 0.05) is 18.0 Å². The summed E-state index contributed by atoms with van der Waals surface area (Å²) in [5.74, 6) is -7.54. The van der Waals surface area contributed by atoms with Gasteiger partial charge in [-0.3, -0.25) is 19.3 Å². The average molecular weight is 501 g/mol. The molecule has 10 heteroatoms. The monoisotopic (exact) mass is 500 g/mol. The van der Waals surface area contributed by atoms with Crippen molar-refractivity contribution in [2.24, 2.45) is 17.3 Å². The van der Waals surface area contributed by atoms with Crippen molar-refractivity contribution >= 4 is 23.2 Å². The Balaban J connectivity index is 1.93. The number of aliphatic hydroxyl groups excluding tert-OH is 3. The van der Waals surface area contributed by atoms with Crippen molar-refractivity contribution in [2.45, 2.75) is 44.9 Å². The van der Waals surface area contributed by atoms with Gasteiger partial charge in [-0.1, -0.05) is 32.9 Å². The minimum atomic E-state index is -2.86. The molecule has 0 bridgehead atoms. The van der Waals surface area contributed by atoms with Crippen molar-refractivity contribution in [3.05, 3.63) is 46.2 Å². The van der Waals surface area contributed by atoms with E-state index < -0.39 is 64.1 Å². The molecule has 4 rings (SSSR count). The lowest BCUT2D eigenvalue weighted by molar-refractivity contribution is -0.168. The van der Waals surface area contributed by atoms with E-state index in [1.807, 2.05) is 20.8 Å². The molecule has 0 unspecified atom stereocenters. The summed E-state index contributed by atoms with van der Waals surface area (Å²) in [5, 5.41) is 58.3. The Bertz CT molecular complexity index is 1220. The van der Waals surface area contributed by atoms with Crippen LogP contribution in [0.2, 0.25) is 0 Å². The number of hydrogen-bond donors (Lipinski definition) is 6. The summed E-state index contributed by atoms with van der Waals surface area (Å²) in [4.78, 5) is 41.8. The van der Waals surface area contributed by atoms with Crippen LogP contribution in [0.15, 0.2) is 35.1 Å². The van der Waals surface area contributed by atoms with Crippen molar-refractivity contribution in [1.29, 1.82) is 0 Å². The third-order valence-electron chi connectivity index (χ3n) is 7.30. The molecule has 0 radical (unpaired) electrons. The number of carbonyl (C=O) groups excluding carboxylic acids is 3. The summed E-state index contributed by atoms with van der Waals surface area (Å²) >= 11 is 0. The molecule has 1 amide bonds. The van der Waals surface area contributed by atoms with E-state index in [0.717, 1.165) is 0 Å². The van der Waals surface area contributed by atoms with Crippen LogP contribution in [-0.4, -0.2) is 86.3 Å². The number of aromatic hydroxyl groups is 1. The van der Waals surface area contributed by atoms with Crippen LogP contribution in [0.1, 0.15) is 31.9 Å². The summed E-state index contributed by atoms with van der Waals surface area (Å²) in [7, 11) is 3.01. The largest absolute Gasteiger partial charge is 0.508 e. The van der Waals surface area contributed by atoms with E-state index in [4.69, 9.17) is 0 Å². The molecule has 3 aliphatic rings. The van der Waals surface area contributed by atoms with Crippen LogP contribution >= 0.6 is 0 Å². The lowest BCUT2D eigenvalue weighted by Crippen LogP contribution is -2.70. The third kappa shape index (κ3) is 3.63. The highest BCUT2D eigenvalue weighted by Crippen LogP contribution is 2.52. The average Bonchev–Trinajstić information content (AvgIpc) is 2.77. The van der Waals surface area contributed by atoms with E-state index in [-0.39, 0.29) is 35.3 Å². The van der Waals surface area contributed by atoms with Gasteiger partial charge < -0.3 is 30.8 Å². The number of aliphatic hydroxyl groups is 4. The lowest BCUT2D eigenvalue weighted by atomic mass is 9.56. The van der Waals surface area contributed by atoms with Gasteiger partial charge in [-0.2, -0.15) is 0 Å². The van der Waals surface area contributed by atoms with Crippen LogP contribution in [0.25, 0.3) is 5.76 Å². The Labute approximate surface area is 208 Å². The van der Waals surface area contributed by atoms with Crippen LogP contribution in [0.4, 0.5) is 0 Å². The number of nitrogens with one attached hydrogen (secondary N) is 1. The second-order valence-electron chi connectivity index (χ2n) is 11.2. The van der Waals surface area contributed by atoms with Gasteiger partial charge in [-0.15, -0.1) is 0 Å². The quantitative estimate of drug-likeness (QED) is 0.326. The predicted octanol–water partition coefficient (Wildman–Crippen LogP) is 0.612. The highest BCUT2D eigenvalue weighted by atomic mass is 16.4. The predicted molar refractivity (Wildman–Crippen MR) is 129 cm³/mol. The zero-order chi connectivity index (χ0) is 26.9. The molecule has 5 atom stereocenters. The molecular formula is C26H32N2O8. The van der Waals surface area contributed by atoms with Crippen molar-refractivity contribution in [3.8, 4) is 5.75 Å². The Morgan fingerprint density at radius 3 is 2.39 bits per heavy atom. The van der Waals surface area contributed by atoms with Crippen molar-refractivity contribution in [1.82, 2.24) is 10.2 Å². The first-order valence-corrected chi connectivity index (χ1v) is 11.7. The molecule has 0 aromatic heterocycles. The topological polar surface area (TPSA) is 168 Å². The number of benzene rings is 1. The second-order valence-corrected chi connectivity index (χ2v) is 11.2. The van der Waals surface area contributed by atoms with Crippen molar-refractivity contribution in [3.63, 3.8) is 0 Å². The molecule has 6 N–H and O–H groups in total. The van der Waals surface area contributed by atoms with Crippen LogP contribution in [0.5, 0.6) is 5.75 Å². The van der Waals surface area contributed by atoms with Crippen molar-refractivity contribution in [2.75, 3.05) is 20.6 Å². The maximum Gasteiger partial charge on any atom is 0.258 e. The molecule has 1 saturated carbocycles. The van der Waals surface area contributed by atoms with Gasteiger partial charge in [0.15, 0.2) is 11.4 Å². The summed E-state index contributed by atoms with van der Waals surface area (Å²) < 4.78 is 0. The van der Waals surface area contributed by atoms with Crippen molar-refractivity contribution < 1.29 is 39.9 Å². The number of amides is 1. The molecule has 10 nitrogen and oxygen atoms in total. The minimum absolute atomic E-state index is 0.00555. The first kappa shape index (κ1) is 25.9. The van der Waals surface area contributed by atoms with E-state index in [1.54, 1.807) is 12.1 Å². The van der Waals surface area contributed by atoms with E-state index in [2.05, 4.69) is 5.32 Å². The highest BCUT2D eigenvalue weighted by molar-refractivity contribution is 6.25. The summed E-state index contributed by atoms with van der Waals surface area (Å²) in [6.07, 6.45) is -1.52. The standard InChI is InChI=1S/C26H32N2O8/c1-25(2,3)10-27-24(35)16-21(32)18(28(4)5)17-19(30)12-9-11-7-6-8-13(29)14(11)20(31)15(12)22(33)26(17,36)23(16)34/h6-8,12,17-19,29-31,34,36H,9-10H2,1-5H3,(H,27,35)/t12-,17-,18+,19+,26+/m1/s1. The SMILES string of the molecule is CN(C)[C@@H]1C(=O)C(C(=O)NCC(C)(C)C)=C(O)[C@@]2(O)C(=O)C3=C(O)c4c(O)cccc4C[C@H]3[C@H](O)[C@@H]12. The van der Waals surface area contributed by atoms with Gasteiger partial charge in [-0.25, -0.2) is 0 Å². The molecule has 1 aromatic carbocycles. The fourth-order valence-electron chi connectivity index (χ4n) is 5.61. The number of phenolic OH excluding ortho intramolecular Hbond substituents is 1. The Morgan fingerprint density at radius 1 is 1.17 bits per heavy atom. The van der Waals surface area contributed by atoms with Gasteiger partial charge in [0.05, 0.1) is 23.6 Å². The number of carbonyl (C=O) groups is 3. The maximum absolute atomic E-state index is 13.8. The number of Topliss-reactive ketones (excluding diaryl/α,β-unsaturated/α-hetero) is 2. The van der Waals surface area contributed by atoms with Gasteiger partial charge in [-0.05, 0) is 37.6 Å². The van der Waals surface area contributed by atoms with E-state index >= 15 is 0 Å². The fourth-order valence-corrected chi connectivity index (χ4v) is 5.61. The fraction of sp³-hybridized carbons (Fsp3) is 0.500. The Hall–Kier alpha value is -3.21. The number of rotatable bonds is 3. The lowest BCUT2D eigenvalue weighted by Gasteiger charge is -2.52. The van der Waals surface area contributed by atoms with Gasteiger partial charge in [0.2, 0.25) is 5.78 Å².